The van der Waals surface area contributed by atoms with Crippen LogP contribution in [0.2, 0.25) is 0 Å². The highest BCUT2D eigenvalue weighted by atomic mass is 32.1. The zero-order chi connectivity index (χ0) is 43.6. The summed E-state index contributed by atoms with van der Waals surface area (Å²) >= 11 is 1.83. The summed E-state index contributed by atoms with van der Waals surface area (Å²) in [7, 11) is 0. The van der Waals surface area contributed by atoms with Crippen molar-refractivity contribution in [1.29, 1.82) is 0 Å². The Morgan fingerprint density at radius 2 is 0.833 bits per heavy atom. The van der Waals surface area contributed by atoms with Crippen LogP contribution in [0.5, 0.6) is 0 Å². The van der Waals surface area contributed by atoms with E-state index in [1.165, 1.54) is 75.8 Å². The second-order valence-electron chi connectivity index (χ2n) is 17.2. The molecule has 0 saturated heterocycles. The highest BCUT2D eigenvalue weighted by molar-refractivity contribution is 7.26. The van der Waals surface area contributed by atoms with Gasteiger partial charge in [-0.1, -0.05) is 218 Å². The quantitative estimate of drug-likeness (QED) is 0.160. The Balaban J connectivity index is 0.986. The van der Waals surface area contributed by atoms with Gasteiger partial charge in [0.05, 0.1) is 16.8 Å². The number of aromatic nitrogens is 2. The topological polar surface area (TPSA) is 25.8 Å². The monoisotopic (exact) mass is 856 g/mol. The smallest absolute Gasteiger partial charge is 0.161 e. The van der Waals surface area contributed by atoms with Crippen molar-refractivity contribution in [1.82, 2.24) is 9.97 Å². The first-order valence-corrected chi connectivity index (χ1v) is 23.4. The Morgan fingerprint density at radius 3 is 1.59 bits per heavy atom. The van der Waals surface area contributed by atoms with Gasteiger partial charge in [0.15, 0.2) is 5.82 Å². The van der Waals surface area contributed by atoms with Crippen LogP contribution in [0.1, 0.15) is 22.3 Å². The van der Waals surface area contributed by atoms with Crippen molar-refractivity contribution in [3.63, 3.8) is 0 Å². The minimum atomic E-state index is -0.443. The molecule has 1 aliphatic rings. The molecule has 3 heteroatoms. The predicted octanol–water partition coefficient (Wildman–Crippen LogP) is 16.7. The van der Waals surface area contributed by atoms with Crippen molar-refractivity contribution >= 4 is 42.3 Å². The van der Waals surface area contributed by atoms with E-state index in [0.29, 0.717) is 5.82 Å². The number of fused-ring (bicyclic) bond motifs is 7. The lowest BCUT2D eigenvalue weighted by Crippen LogP contribution is -2.28. The first kappa shape index (κ1) is 38.2. The number of hydrogen-bond donors (Lipinski definition) is 0. The van der Waals surface area contributed by atoms with E-state index in [0.717, 1.165) is 38.9 Å². The number of rotatable bonds is 7. The zero-order valence-electron chi connectivity index (χ0n) is 35.9. The van der Waals surface area contributed by atoms with Crippen LogP contribution in [0.25, 0.3) is 98.2 Å². The Hall–Kier alpha value is -8.24. The molecule has 0 bridgehead atoms. The minimum absolute atomic E-state index is 0.443. The van der Waals surface area contributed by atoms with E-state index in [1.54, 1.807) is 0 Å². The van der Waals surface area contributed by atoms with Crippen LogP contribution in [0.3, 0.4) is 0 Å². The van der Waals surface area contributed by atoms with Gasteiger partial charge in [0, 0.05) is 36.9 Å². The molecule has 0 amide bonds. The Bertz CT molecular complexity index is 3760. The number of hydrogen-bond acceptors (Lipinski definition) is 3. The van der Waals surface area contributed by atoms with Crippen LogP contribution in [-0.4, -0.2) is 9.97 Å². The van der Waals surface area contributed by atoms with Crippen molar-refractivity contribution in [2.75, 3.05) is 0 Å². The van der Waals surface area contributed by atoms with Gasteiger partial charge >= 0.3 is 0 Å². The van der Waals surface area contributed by atoms with Crippen LogP contribution >= 0.6 is 11.3 Å². The van der Waals surface area contributed by atoms with Crippen molar-refractivity contribution in [3.05, 3.63) is 265 Å². The highest BCUT2D eigenvalue weighted by Crippen LogP contribution is 2.57. The standard InChI is InChI=1S/C63H40N2S/c1-4-17-41(18-5-1)42-31-33-43(34-32-42)58-40-59(54-28-16-27-52-51-26-13-15-30-60(51)66-61(52)54)65-62(64-58)53-37-36-47(48-23-10-11-24-49(48)53)44-35-38-57-55(39-44)50-25-12-14-29-56(50)63(57,45-19-6-2-7-20-45)46-21-8-3-9-22-46/h1-40H. The third-order valence-electron chi connectivity index (χ3n) is 13.6. The van der Waals surface area contributed by atoms with Crippen molar-refractivity contribution in [2.45, 2.75) is 5.41 Å². The molecule has 1 aliphatic carbocycles. The molecule has 2 aromatic heterocycles. The Labute approximate surface area is 387 Å². The van der Waals surface area contributed by atoms with Gasteiger partial charge in [-0.05, 0) is 90.7 Å². The maximum atomic E-state index is 5.48. The molecule has 0 N–H and O–H groups in total. The third kappa shape index (κ3) is 6.01. The number of benzene rings is 10. The summed E-state index contributed by atoms with van der Waals surface area (Å²) in [6.07, 6.45) is 0. The van der Waals surface area contributed by atoms with Gasteiger partial charge in [0.2, 0.25) is 0 Å². The molecule has 10 aromatic carbocycles. The first-order chi connectivity index (χ1) is 32.7. The highest BCUT2D eigenvalue weighted by Gasteiger charge is 2.46. The Kier molecular flexibility index (Phi) is 8.97. The average Bonchev–Trinajstić information content (AvgIpc) is 3.93. The summed E-state index contributed by atoms with van der Waals surface area (Å²) in [6.45, 7) is 0. The summed E-state index contributed by atoms with van der Waals surface area (Å²) in [5.74, 6) is 0.703. The van der Waals surface area contributed by atoms with Gasteiger partial charge in [-0.25, -0.2) is 9.97 Å². The molecule has 2 heterocycles. The molecule has 12 aromatic rings. The van der Waals surface area contributed by atoms with Crippen LogP contribution in [0.15, 0.2) is 243 Å². The third-order valence-corrected chi connectivity index (χ3v) is 14.8. The maximum Gasteiger partial charge on any atom is 0.161 e. The van der Waals surface area contributed by atoms with Gasteiger partial charge in [-0.2, -0.15) is 0 Å². The van der Waals surface area contributed by atoms with Crippen LogP contribution in [-0.2, 0) is 5.41 Å². The molecule has 0 aliphatic heterocycles. The first-order valence-electron chi connectivity index (χ1n) is 22.6. The van der Waals surface area contributed by atoms with E-state index in [1.807, 2.05) is 11.3 Å². The zero-order valence-corrected chi connectivity index (χ0v) is 36.7. The summed E-state index contributed by atoms with van der Waals surface area (Å²) in [5.41, 5.74) is 16.9. The summed E-state index contributed by atoms with van der Waals surface area (Å²) in [6, 6.07) is 88.1. The molecule has 0 unspecified atom stereocenters. The van der Waals surface area contributed by atoms with E-state index in [2.05, 4.69) is 243 Å². The van der Waals surface area contributed by atoms with Gasteiger partial charge < -0.3 is 0 Å². The SMILES string of the molecule is c1ccc(-c2ccc(-c3cc(-c4cccc5c4sc4ccccc45)nc(-c4ccc(-c5ccc6c(c5)-c5ccccc5C6(c5ccccc5)c5ccccc5)c5ccccc45)n3)cc2)cc1. The van der Waals surface area contributed by atoms with E-state index in [4.69, 9.17) is 9.97 Å². The molecule has 13 rings (SSSR count). The van der Waals surface area contributed by atoms with Crippen LogP contribution in [0.4, 0.5) is 0 Å². The molecule has 0 radical (unpaired) electrons. The number of nitrogens with zero attached hydrogens (tertiary/aromatic N) is 2. The fraction of sp³-hybridized carbons (Fsp3) is 0.0159. The lowest BCUT2D eigenvalue weighted by atomic mass is 9.67. The van der Waals surface area contributed by atoms with Crippen molar-refractivity contribution < 1.29 is 0 Å². The molecule has 0 saturated carbocycles. The van der Waals surface area contributed by atoms with E-state index in [9.17, 15) is 0 Å². The van der Waals surface area contributed by atoms with E-state index < -0.39 is 5.41 Å². The largest absolute Gasteiger partial charge is 0.228 e. The van der Waals surface area contributed by atoms with Crippen LogP contribution in [0, 0.1) is 0 Å². The lowest BCUT2D eigenvalue weighted by Gasteiger charge is -2.33. The molecule has 66 heavy (non-hydrogen) atoms. The van der Waals surface area contributed by atoms with Crippen molar-refractivity contribution in [2.24, 2.45) is 0 Å². The van der Waals surface area contributed by atoms with Gasteiger partial charge in [0.1, 0.15) is 0 Å². The average molecular weight is 857 g/mol. The normalized spacial score (nSPS) is 12.7. The molecule has 0 atom stereocenters. The summed E-state index contributed by atoms with van der Waals surface area (Å²) < 4.78 is 2.50. The molecule has 0 spiro atoms. The van der Waals surface area contributed by atoms with Crippen molar-refractivity contribution in [3.8, 4) is 67.3 Å². The van der Waals surface area contributed by atoms with Gasteiger partial charge in [-0.3, -0.25) is 0 Å². The lowest BCUT2D eigenvalue weighted by molar-refractivity contribution is 0.768. The van der Waals surface area contributed by atoms with Gasteiger partial charge in [-0.15, -0.1) is 11.3 Å². The summed E-state index contributed by atoms with van der Waals surface area (Å²) in [4.78, 5) is 10.9. The predicted molar refractivity (Wildman–Crippen MR) is 277 cm³/mol. The van der Waals surface area contributed by atoms with Gasteiger partial charge in [0.25, 0.3) is 0 Å². The summed E-state index contributed by atoms with van der Waals surface area (Å²) in [5, 5.41) is 4.79. The molecule has 0 fully saturated rings. The molecule has 2 nitrogen and oxygen atoms in total. The minimum Gasteiger partial charge on any atom is -0.228 e. The fourth-order valence-electron chi connectivity index (χ4n) is 10.6. The molecular formula is C63H40N2S. The van der Waals surface area contributed by atoms with E-state index in [-0.39, 0.29) is 0 Å². The maximum absolute atomic E-state index is 5.48. The second kappa shape index (κ2) is 15.5. The molecule has 308 valence electrons. The van der Waals surface area contributed by atoms with E-state index >= 15 is 0 Å². The van der Waals surface area contributed by atoms with Crippen LogP contribution < -0.4 is 0 Å². The number of thiophene rings is 1. The second-order valence-corrected chi connectivity index (χ2v) is 18.2. The Morgan fingerprint density at radius 1 is 0.303 bits per heavy atom. The fourth-order valence-corrected chi connectivity index (χ4v) is 11.9. The molecular weight excluding hydrogens is 817 g/mol.